The van der Waals surface area contributed by atoms with Crippen molar-refractivity contribution in [3.05, 3.63) is 0 Å². The molecule has 2 heterocycles. The molecule has 0 saturated carbocycles. The summed E-state index contributed by atoms with van der Waals surface area (Å²) in [4.78, 5) is 14.4. The fraction of sp³-hybridized carbons (Fsp3) is 0.929. The molecule has 0 N–H and O–H groups in total. The van der Waals surface area contributed by atoms with Gasteiger partial charge < -0.3 is 14.4 Å². The molecule has 2 saturated heterocycles. The van der Waals surface area contributed by atoms with Gasteiger partial charge in [0.25, 0.3) is 0 Å². The summed E-state index contributed by atoms with van der Waals surface area (Å²) in [5, 5.41) is 0. The Morgan fingerprint density at radius 2 is 1.94 bits per heavy atom. The van der Waals surface area contributed by atoms with E-state index in [1.807, 2.05) is 0 Å². The van der Waals surface area contributed by atoms with Crippen LogP contribution in [-0.4, -0.2) is 49.3 Å². The van der Waals surface area contributed by atoms with Gasteiger partial charge in [0.05, 0.1) is 12.7 Å². The second kappa shape index (κ2) is 5.17. The highest BCUT2D eigenvalue weighted by Crippen LogP contribution is 2.46. The van der Waals surface area contributed by atoms with Gasteiger partial charge in [0.2, 0.25) is 0 Å². The number of hydrogen-bond donors (Lipinski definition) is 0. The molecule has 1 spiro atoms. The normalized spacial score (nSPS) is 31.7. The zero-order valence-corrected chi connectivity index (χ0v) is 11.8. The summed E-state index contributed by atoms with van der Waals surface area (Å²) in [7, 11) is 3.60. The van der Waals surface area contributed by atoms with Crippen molar-refractivity contribution in [3.8, 4) is 0 Å². The lowest BCUT2D eigenvalue weighted by molar-refractivity contribution is -0.183. The van der Waals surface area contributed by atoms with Crippen molar-refractivity contribution in [1.82, 2.24) is 4.90 Å². The van der Waals surface area contributed by atoms with Crippen LogP contribution in [0.2, 0.25) is 0 Å². The van der Waals surface area contributed by atoms with E-state index in [1.165, 1.54) is 7.11 Å². The van der Waals surface area contributed by atoms with Gasteiger partial charge in [-0.3, -0.25) is 0 Å². The highest BCUT2D eigenvalue weighted by molar-refractivity contribution is 5.80. The Labute approximate surface area is 110 Å². The molecule has 104 valence electrons. The molecule has 4 nitrogen and oxygen atoms in total. The molecular formula is C14H25NO3. The molecule has 2 fully saturated rings. The van der Waals surface area contributed by atoms with Gasteiger partial charge in [0, 0.05) is 13.1 Å². The van der Waals surface area contributed by atoms with Crippen LogP contribution in [0, 0.1) is 0 Å². The fourth-order valence-electron chi connectivity index (χ4n) is 3.34. The maximum absolute atomic E-state index is 12.1. The first-order valence-electron chi connectivity index (χ1n) is 7.03. The molecule has 4 heteroatoms. The van der Waals surface area contributed by atoms with Crippen LogP contribution in [0.25, 0.3) is 0 Å². The molecule has 0 aromatic carbocycles. The van der Waals surface area contributed by atoms with Crippen LogP contribution in [0.4, 0.5) is 0 Å². The van der Waals surface area contributed by atoms with Crippen LogP contribution in [0.5, 0.6) is 0 Å². The Bertz CT molecular complexity index is 310. The number of carbonyl (C=O) groups excluding carboxylic acids is 1. The van der Waals surface area contributed by atoms with Crippen LogP contribution in [0.15, 0.2) is 0 Å². The van der Waals surface area contributed by atoms with Crippen molar-refractivity contribution in [2.24, 2.45) is 0 Å². The molecule has 1 atom stereocenters. The first-order valence-corrected chi connectivity index (χ1v) is 7.03. The lowest BCUT2D eigenvalue weighted by Gasteiger charge is -2.39. The van der Waals surface area contributed by atoms with Gasteiger partial charge in [-0.15, -0.1) is 0 Å². The molecule has 0 bridgehead atoms. The Kier molecular flexibility index (Phi) is 3.97. The minimum Gasteiger partial charge on any atom is -0.467 e. The van der Waals surface area contributed by atoms with Crippen molar-refractivity contribution >= 4 is 5.97 Å². The van der Waals surface area contributed by atoms with E-state index >= 15 is 0 Å². The number of nitrogens with zero attached hydrogens (tertiary/aromatic N) is 1. The molecule has 1 unspecified atom stereocenters. The predicted octanol–water partition coefficient (Wildman–Crippen LogP) is 1.97. The molecule has 2 aliphatic heterocycles. The standard InChI is InChI=1S/C14H25NO3/c1-4-5-14(12(16)17-3)7-6-13(18-14)8-10-15(2)11-9-13/h4-11H2,1-3H3. The summed E-state index contributed by atoms with van der Waals surface area (Å²) in [5.74, 6) is -0.180. The summed E-state index contributed by atoms with van der Waals surface area (Å²) >= 11 is 0. The molecule has 0 aromatic rings. The van der Waals surface area contributed by atoms with Crippen LogP contribution in [0.1, 0.15) is 45.4 Å². The second-order valence-corrected chi connectivity index (χ2v) is 5.82. The number of rotatable bonds is 3. The maximum atomic E-state index is 12.1. The van der Waals surface area contributed by atoms with E-state index < -0.39 is 5.60 Å². The van der Waals surface area contributed by atoms with Gasteiger partial charge in [-0.2, -0.15) is 0 Å². The van der Waals surface area contributed by atoms with E-state index in [0.717, 1.165) is 51.6 Å². The SMILES string of the molecule is CCCC1(C(=O)OC)CCC2(CCN(C)CC2)O1. The topological polar surface area (TPSA) is 38.8 Å². The van der Waals surface area contributed by atoms with Gasteiger partial charge in [0.1, 0.15) is 0 Å². The third-order valence-electron chi connectivity index (χ3n) is 4.51. The minimum atomic E-state index is -0.667. The largest absolute Gasteiger partial charge is 0.467 e. The molecule has 0 amide bonds. The number of hydrogen-bond acceptors (Lipinski definition) is 4. The minimum absolute atomic E-state index is 0.0735. The van der Waals surface area contributed by atoms with Crippen LogP contribution < -0.4 is 0 Å². The average Bonchev–Trinajstić information content (AvgIpc) is 2.73. The van der Waals surface area contributed by atoms with Crippen molar-refractivity contribution in [2.45, 2.75) is 56.7 Å². The van der Waals surface area contributed by atoms with E-state index in [2.05, 4.69) is 18.9 Å². The van der Waals surface area contributed by atoms with Gasteiger partial charge in [-0.1, -0.05) is 13.3 Å². The molecule has 2 aliphatic rings. The van der Waals surface area contributed by atoms with E-state index in [-0.39, 0.29) is 11.6 Å². The Morgan fingerprint density at radius 3 is 2.50 bits per heavy atom. The molecule has 0 aromatic heterocycles. The zero-order valence-electron chi connectivity index (χ0n) is 11.8. The lowest BCUT2D eigenvalue weighted by Crippen LogP contribution is -2.47. The van der Waals surface area contributed by atoms with Crippen LogP contribution >= 0.6 is 0 Å². The van der Waals surface area contributed by atoms with Crippen molar-refractivity contribution < 1.29 is 14.3 Å². The van der Waals surface area contributed by atoms with Crippen molar-refractivity contribution in [3.63, 3.8) is 0 Å². The highest BCUT2D eigenvalue weighted by Gasteiger charge is 2.54. The van der Waals surface area contributed by atoms with Crippen LogP contribution in [0.3, 0.4) is 0 Å². The Hall–Kier alpha value is -0.610. The van der Waals surface area contributed by atoms with Gasteiger partial charge >= 0.3 is 5.97 Å². The number of methoxy groups -OCH3 is 1. The Balaban J connectivity index is 2.10. The summed E-state index contributed by atoms with van der Waals surface area (Å²) in [6.07, 6.45) is 5.60. The van der Waals surface area contributed by atoms with Crippen molar-refractivity contribution in [1.29, 1.82) is 0 Å². The third kappa shape index (κ3) is 2.41. The summed E-state index contributed by atoms with van der Waals surface area (Å²) < 4.78 is 11.3. The average molecular weight is 255 g/mol. The van der Waals surface area contributed by atoms with E-state index in [4.69, 9.17) is 9.47 Å². The highest BCUT2D eigenvalue weighted by atomic mass is 16.6. The zero-order chi connectivity index (χ0) is 13.2. The molecule has 18 heavy (non-hydrogen) atoms. The smallest absolute Gasteiger partial charge is 0.338 e. The molecular weight excluding hydrogens is 230 g/mol. The first-order chi connectivity index (χ1) is 8.56. The molecule has 0 aliphatic carbocycles. The second-order valence-electron chi connectivity index (χ2n) is 5.82. The van der Waals surface area contributed by atoms with Gasteiger partial charge in [0.15, 0.2) is 5.60 Å². The Morgan fingerprint density at radius 1 is 1.28 bits per heavy atom. The number of carbonyl (C=O) groups is 1. The lowest BCUT2D eigenvalue weighted by atomic mass is 9.87. The monoisotopic (exact) mass is 255 g/mol. The molecule has 0 radical (unpaired) electrons. The van der Waals surface area contributed by atoms with Crippen LogP contribution in [-0.2, 0) is 14.3 Å². The molecule has 2 rings (SSSR count). The summed E-state index contributed by atoms with van der Waals surface area (Å²) in [6, 6.07) is 0. The van der Waals surface area contributed by atoms with Gasteiger partial charge in [-0.05, 0) is 39.2 Å². The van der Waals surface area contributed by atoms with E-state index in [1.54, 1.807) is 0 Å². The predicted molar refractivity (Wildman–Crippen MR) is 69.4 cm³/mol. The number of piperidine rings is 1. The van der Waals surface area contributed by atoms with E-state index in [9.17, 15) is 4.79 Å². The fourth-order valence-corrected chi connectivity index (χ4v) is 3.34. The number of likely N-dealkylation sites (tertiary alicyclic amines) is 1. The maximum Gasteiger partial charge on any atom is 0.338 e. The van der Waals surface area contributed by atoms with Crippen molar-refractivity contribution in [2.75, 3.05) is 27.2 Å². The van der Waals surface area contributed by atoms with E-state index in [0.29, 0.717) is 0 Å². The first kappa shape index (κ1) is 13.8. The number of ether oxygens (including phenoxy) is 2. The summed E-state index contributed by atoms with van der Waals surface area (Å²) in [5.41, 5.74) is -0.741. The number of esters is 1. The summed E-state index contributed by atoms with van der Waals surface area (Å²) in [6.45, 7) is 4.21. The van der Waals surface area contributed by atoms with Gasteiger partial charge in [-0.25, -0.2) is 4.79 Å². The quantitative estimate of drug-likeness (QED) is 0.723. The third-order valence-corrected chi connectivity index (χ3v) is 4.51.